The summed E-state index contributed by atoms with van der Waals surface area (Å²) in [6.45, 7) is 3.96. The average Bonchev–Trinajstić information content (AvgIpc) is 2.65. The van der Waals surface area contributed by atoms with Gasteiger partial charge in [0.25, 0.3) is 0 Å². The molecule has 148 valence electrons. The van der Waals surface area contributed by atoms with Gasteiger partial charge in [0.1, 0.15) is 17.7 Å². The Morgan fingerprint density at radius 1 is 1.11 bits per heavy atom. The fraction of sp³-hybridized carbons (Fsp3) is 0.333. The highest BCUT2D eigenvalue weighted by Gasteiger charge is 2.33. The smallest absolute Gasteiger partial charge is 0.319 e. The van der Waals surface area contributed by atoms with Gasteiger partial charge in [-0.15, -0.1) is 0 Å². The fourth-order valence-electron chi connectivity index (χ4n) is 3.35. The van der Waals surface area contributed by atoms with Crippen LogP contribution in [0.3, 0.4) is 0 Å². The molecule has 0 aliphatic carbocycles. The van der Waals surface area contributed by atoms with Crippen LogP contribution in [0, 0.1) is 17.6 Å². The van der Waals surface area contributed by atoms with Crippen molar-refractivity contribution >= 4 is 23.3 Å². The number of anilines is 2. The molecule has 1 aliphatic heterocycles. The predicted octanol–water partition coefficient (Wildman–Crippen LogP) is 4.09. The first kappa shape index (κ1) is 19.8. The number of carbonyl (C=O) groups is 2. The number of hydrogen-bond donors (Lipinski definition) is 2. The van der Waals surface area contributed by atoms with Crippen LogP contribution in [-0.4, -0.2) is 24.5 Å². The van der Waals surface area contributed by atoms with E-state index in [0.29, 0.717) is 30.6 Å². The number of benzene rings is 2. The van der Waals surface area contributed by atoms with Gasteiger partial charge in [0.05, 0.1) is 5.69 Å². The highest BCUT2D eigenvalue weighted by molar-refractivity contribution is 6.01. The Hall–Kier alpha value is -2.96. The molecule has 28 heavy (non-hydrogen) atoms. The lowest BCUT2D eigenvalue weighted by Gasteiger charge is -2.34. The van der Waals surface area contributed by atoms with Gasteiger partial charge in [-0.3, -0.25) is 4.79 Å². The van der Waals surface area contributed by atoms with Crippen LogP contribution in [0.1, 0.15) is 25.8 Å². The van der Waals surface area contributed by atoms with Crippen molar-refractivity contribution in [1.29, 1.82) is 0 Å². The first-order valence-electron chi connectivity index (χ1n) is 9.28. The van der Waals surface area contributed by atoms with Gasteiger partial charge < -0.3 is 15.5 Å². The summed E-state index contributed by atoms with van der Waals surface area (Å²) < 4.78 is 27.9. The van der Waals surface area contributed by atoms with Crippen LogP contribution >= 0.6 is 0 Å². The van der Waals surface area contributed by atoms with E-state index in [2.05, 4.69) is 10.6 Å². The highest BCUT2D eigenvalue weighted by Crippen LogP contribution is 2.31. The first-order valence-corrected chi connectivity index (χ1v) is 9.28. The van der Waals surface area contributed by atoms with E-state index in [1.54, 1.807) is 24.3 Å². The van der Waals surface area contributed by atoms with Crippen LogP contribution < -0.4 is 15.5 Å². The summed E-state index contributed by atoms with van der Waals surface area (Å²) in [6, 6.07) is 9.53. The molecule has 0 saturated carbocycles. The third-order valence-electron chi connectivity index (χ3n) is 4.75. The summed E-state index contributed by atoms with van der Waals surface area (Å²) in [6.07, 6.45) is 1.02. The van der Waals surface area contributed by atoms with Crippen LogP contribution in [-0.2, 0) is 11.2 Å². The summed E-state index contributed by atoms with van der Waals surface area (Å²) in [5.74, 6) is -1.97. The van der Waals surface area contributed by atoms with Crippen molar-refractivity contribution in [3.8, 4) is 0 Å². The van der Waals surface area contributed by atoms with E-state index in [1.165, 1.54) is 11.0 Å². The molecule has 1 aliphatic rings. The van der Waals surface area contributed by atoms with E-state index in [1.807, 2.05) is 19.9 Å². The number of rotatable bonds is 4. The van der Waals surface area contributed by atoms with Crippen molar-refractivity contribution in [2.45, 2.75) is 32.7 Å². The number of halogens is 2. The van der Waals surface area contributed by atoms with Gasteiger partial charge in [-0.25, -0.2) is 13.6 Å². The average molecular weight is 387 g/mol. The Kier molecular flexibility index (Phi) is 5.92. The van der Waals surface area contributed by atoms with Gasteiger partial charge in [0.15, 0.2) is 0 Å². The van der Waals surface area contributed by atoms with Crippen molar-refractivity contribution in [1.82, 2.24) is 5.32 Å². The lowest BCUT2D eigenvalue weighted by Crippen LogP contribution is -2.53. The molecule has 3 rings (SSSR count). The minimum absolute atomic E-state index is 0.210. The number of fused-ring (bicyclic) bond motifs is 1. The molecule has 1 atom stereocenters. The van der Waals surface area contributed by atoms with E-state index < -0.39 is 23.7 Å². The van der Waals surface area contributed by atoms with E-state index in [-0.39, 0.29) is 17.5 Å². The monoisotopic (exact) mass is 387 g/mol. The van der Waals surface area contributed by atoms with Crippen LogP contribution in [0.2, 0.25) is 0 Å². The van der Waals surface area contributed by atoms with Crippen molar-refractivity contribution < 1.29 is 18.4 Å². The van der Waals surface area contributed by atoms with Crippen molar-refractivity contribution in [2.75, 3.05) is 16.8 Å². The second kappa shape index (κ2) is 8.37. The lowest BCUT2D eigenvalue weighted by atomic mass is 9.97. The van der Waals surface area contributed by atoms with E-state index in [0.717, 1.165) is 6.07 Å². The molecular formula is C21H23F2N3O2. The van der Waals surface area contributed by atoms with Crippen molar-refractivity contribution in [2.24, 2.45) is 5.92 Å². The maximum Gasteiger partial charge on any atom is 0.319 e. The maximum atomic E-state index is 14.1. The number of urea groups is 1. The number of para-hydroxylation sites is 1. The Balaban J connectivity index is 1.80. The topological polar surface area (TPSA) is 61.4 Å². The molecule has 2 aromatic rings. The Bertz CT molecular complexity index is 871. The molecule has 0 radical (unpaired) electrons. The molecule has 0 saturated heterocycles. The van der Waals surface area contributed by atoms with Crippen molar-refractivity contribution in [3.63, 3.8) is 0 Å². The molecule has 0 aromatic heterocycles. The summed E-state index contributed by atoms with van der Waals surface area (Å²) in [7, 11) is 0. The number of amides is 3. The second-order valence-electron chi connectivity index (χ2n) is 7.16. The van der Waals surface area contributed by atoms with Gasteiger partial charge in [-0.2, -0.15) is 0 Å². The van der Waals surface area contributed by atoms with Gasteiger partial charge in [-0.1, -0.05) is 32.0 Å². The summed E-state index contributed by atoms with van der Waals surface area (Å²) in [5.41, 5.74) is 1.17. The fourth-order valence-corrected chi connectivity index (χ4v) is 3.35. The summed E-state index contributed by atoms with van der Waals surface area (Å²) >= 11 is 0. The molecule has 0 spiro atoms. The van der Waals surface area contributed by atoms with Crippen LogP contribution in [0.5, 0.6) is 0 Å². The molecule has 5 nitrogen and oxygen atoms in total. The number of hydrogen-bond acceptors (Lipinski definition) is 2. The summed E-state index contributed by atoms with van der Waals surface area (Å²) in [5, 5.41) is 5.37. The third-order valence-corrected chi connectivity index (χ3v) is 4.75. The van der Waals surface area contributed by atoms with Gasteiger partial charge in [-0.05, 0) is 37.0 Å². The quantitative estimate of drug-likeness (QED) is 0.830. The number of carbonyl (C=O) groups excluding carboxylic acids is 2. The SMILES string of the molecule is CC(C)C(NC(=O)Nc1ccccc1)C(=O)N1CCCc2c(F)cc(F)cc21. The molecule has 0 bridgehead atoms. The molecule has 0 fully saturated rings. The van der Waals surface area contributed by atoms with E-state index in [4.69, 9.17) is 0 Å². The molecule has 3 amide bonds. The minimum atomic E-state index is -0.832. The van der Waals surface area contributed by atoms with E-state index >= 15 is 0 Å². The Morgan fingerprint density at radius 2 is 1.82 bits per heavy atom. The lowest BCUT2D eigenvalue weighted by molar-refractivity contribution is -0.121. The van der Waals surface area contributed by atoms with Gasteiger partial charge >= 0.3 is 6.03 Å². The Morgan fingerprint density at radius 3 is 2.50 bits per heavy atom. The zero-order chi connectivity index (χ0) is 20.3. The molecule has 1 heterocycles. The summed E-state index contributed by atoms with van der Waals surface area (Å²) in [4.78, 5) is 26.9. The van der Waals surface area contributed by atoms with Crippen molar-refractivity contribution in [3.05, 3.63) is 59.7 Å². The normalized spacial score (nSPS) is 14.4. The zero-order valence-electron chi connectivity index (χ0n) is 15.8. The number of nitrogens with zero attached hydrogens (tertiary/aromatic N) is 1. The molecule has 2 N–H and O–H groups in total. The first-order chi connectivity index (χ1) is 13.4. The minimum Gasteiger partial charge on any atom is -0.326 e. The largest absolute Gasteiger partial charge is 0.326 e. The van der Waals surface area contributed by atoms with E-state index in [9.17, 15) is 18.4 Å². The van der Waals surface area contributed by atoms with Gasteiger partial charge in [0, 0.05) is 23.9 Å². The standard InChI is InChI=1S/C21H23F2N3O2/c1-13(2)19(25-21(28)24-15-7-4-3-5-8-15)20(27)26-10-6-9-16-17(23)11-14(22)12-18(16)26/h3-5,7-8,11-13,19H,6,9-10H2,1-2H3,(H2,24,25,28). The number of nitrogens with one attached hydrogen (secondary N) is 2. The Labute approximate surface area is 162 Å². The maximum absolute atomic E-state index is 14.1. The highest BCUT2D eigenvalue weighted by atomic mass is 19.1. The predicted molar refractivity (Wildman–Crippen MR) is 104 cm³/mol. The molecule has 1 unspecified atom stereocenters. The van der Waals surface area contributed by atoms with Crippen LogP contribution in [0.4, 0.5) is 25.0 Å². The van der Waals surface area contributed by atoms with Crippen LogP contribution in [0.15, 0.2) is 42.5 Å². The molecule has 7 heteroatoms. The third kappa shape index (κ3) is 4.30. The molecule has 2 aromatic carbocycles. The zero-order valence-corrected chi connectivity index (χ0v) is 15.8. The molecular weight excluding hydrogens is 364 g/mol. The van der Waals surface area contributed by atoms with Gasteiger partial charge in [0.2, 0.25) is 5.91 Å². The van der Waals surface area contributed by atoms with Crippen LogP contribution in [0.25, 0.3) is 0 Å². The second-order valence-corrected chi connectivity index (χ2v) is 7.16.